The Hall–Kier alpha value is -1.32. The van der Waals surface area contributed by atoms with E-state index in [-0.39, 0.29) is 5.57 Å². The number of aliphatic carboxylic acids is 1. The van der Waals surface area contributed by atoms with Gasteiger partial charge in [0.1, 0.15) is 0 Å². The lowest BCUT2D eigenvalue weighted by Crippen LogP contribution is -2.08. The second-order valence-electron chi connectivity index (χ2n) is 5.48. The van der Waals surface area contributed by atoms with Crippen LogP contribution in [0.15, 0.2) is 11.6 Å². The van der Waals surface area contributed by atoms with Crippen molar-refractivity contribution in [2.45, 2.75) is 78.1 Å². The highest BCUT2D eigenvalue weighted by atomic mass is 16.5. The number of carboxylic acid groups (broad SMARTS) is 1. The van der Waals surface area contributed by atoms with Crippen LogP contribution in [0.4, 0.5) is 0 Å². The van der Waals surface area contributed by atoms with Crippen molar-refractivity contribution < 1.29 is 19.4 Å². The predicted molar refractivity (Wildman–Crippen MR) is 84.2 cm³/mol. The molecule has 0 aromatic heterocycles. The van der Waals surface area contributed by atoms with Crippen LogP contribution in [-0.4, -0.2) is 23.7 Å². The van der Waals surface area contributed by atoms with E-state index in [2.05, 4.69) is 6.92 Å². The molecule has 0 unspecified atom stereocenters. The summed E-state index contributed by atoms with van der Waals surface area (Å²) in [4.78, 5) is 21.8. The highest BCUT2D eigenvalue weighted by molar-refractivity contribution is 5.95. The van der Waals surface area contributed by atoms with Crippen LogP contribution in [0.5, 0.6) is 0 Å². The molecular formula is C17H30O4. The largest absolute Gasteiger partial charge is 0.478 e. The van der Waals surface area contributed by atoms with Crippen LogP contribution in [-0.2, 0) is 14.3 Å². The summed E-state index contributed by atoms with van der Waals surface area (Å²) < 4.78 is 5.01. The predicted octanol–water partition coefficient (Wildman–Crippen LogP) is 4.48. The van der Waals surface area contributed by atoms with Gasteiger partial charge in [-0.1, -0.05) is 64.7 Å². The number of carbonyl (C=O) groups excluding carboxylic acids is 1. The zero-order valence-electron chi connectivity index (χ0n) is 13.5. The van der Waals surface area contributed by atoms with E-state index in [9.17, 15) is 9.59 Å². The third-order valence-electron chi connectivity index (χ3n) is 3.39. The van der Waals surface area contributed by atoms with E-state index < -0.39 is 11.9 Å². The Balaban J connectivity index is 3.36. The van der Waals surface area contributed by atoms with Gasteiger partial charge < -0.3 is 9.84 Å². The molecule has 0 saturated heterocycles. The van der Waals surface area contributed by atoms with Gasteiger partial charge in [0.15, 0.2) is 0 Å². The number of carbonyl (C=O) groups is 2. The average Bonchev–Trinajstić information content (AvgIpc) is 2.43. The van der Waals surface area contributed by atoms with Crippen LogP contribution in [0.2, 0.25) is 0 Å². The molecule has 0 saturated carbocycles. The molecule has 4 heteroatoms. The molecule has 0 radical (unpaired) electrons. The van der Waals surface area contributed by atoms with Crippen LogP contribution in [0.1, 0.15) is 78.1 Å². The summed E-state index contributed by atoms with van der Waals surface area (Å²) in [5.41, 5.74) is 0.134. The molecule has 0 aromatic rings. The first kappa shape index (κ1) is 19.7. The average molecular weight is 298 g/mol. The molecule has 0 rings (SSSR count). The maximum absolute atomic E-state index is 11.4. The molecule has 0 aromatic carbocycles. The lowest BCUT2D eigenvalue weighted by atomic mass is 10.1. The van der Waals surface area contributed by atoms with Crippen molar-refractivity contribution >= 4 is 11.9 Å². The molecule has 0 heterocycles. The van der Waals surface area contributed by atoms with Gasteiger partial charge in [-0.3, -0.25) is 0 Å². The summed E-state index contributed by atoms with van der Waals surface area (Å²) in [6.07, 6.45) is 13.2. The molecule has 0 spiro atoms. The maximum Gasteiger partial charge on any atom is 0.333 e. The highest BCUT2D eigenvalue weighted by Gasteiger charge is 2.06. The molecule has 0 amide bonds. The van der Waals surface area contributed by atoms with E-state index in [1.54, 1.807) is 0 Å². The number of unbranched alkanes of at least 4 members (excludes halogenated alkanes) is 9. The van der Waals surface area contributed by atoms with Gasteiger partial charge in [-0.15, -0.1) is 0 Å². The molecule has 4 nitrogen and oxygen atoms in total. The Kier molecular flexibility index (Phi) is 12.8. The molecule has 0 fully saturated rings. The van der Waals surface area contributed by atoms with Crippen molar-refractivity contribution in [2.75, 3.05) is 6.61 Å². The molecule has 122 valence electrons. The summed E-state index contributed by atoms with van der Waals surface area (Å²) in [6, 6.07) is 0. The first-order chi connectivity index (χ1) is 10.1. The zero-order chi connectivity index (χ0) is 15.9. The van der Waals surface area contributed by atoms with Gasteiger partial charge in [0.05, 0.1) is 6.61 Å². The van der Waals surface area contributed by atoms with Crippen LogP contribution in [0.25, 0.3) is 0 Å². The second-order valence-corrected chi connectivity index (χ2v) is 5.48. The lowest BCUT2D eigenvalue weighted by Gasteiger charge is -2.05. The molecule has 0 atom stereocenters. The van der Waals surface area contributed by atoms with Crippen molar-refractivity contribution in [3.05, 3.63) is 11.6 Å². The lowest BCUT2D eigenvalue weighted by molar-refractivity contribution is -0.140. The number of carboxylic acids is 1. The van der Waals surface area contributed by atoms with Crippen molar-refractivity contribution in [3.8, 4) is 0 Å². The summed E-state index contributed by atoms with van der Waals surface area (Å²) in [5.74, 6) is -1.66. The minimum absolute atomic E-state index is 0.134. The van der Waals surface area contributed by atoms with Gasteiger partial charge in [0, 0.05) is 11.6 Å². The van der Waals surface area contributed by atoms with Crippen LogP contribution < -0.4 is 0 Å². The number of rotatable bonds is 13. The molecule has 21 heavy (non-hydrogen) atoms. The maximum atomic E-state index is 11.4. The summed E-state index contributed by atoms with van der Waals surface area (Å²) in [5, 5.41) is 8.51. The summed E-state index contributed by atoms with van der Waals surface area (Å²) in [6.45, 7) is 4.06. The monoisotopic (exact) mass is 298 g/mol. The molecule has 0 bridgehead atoms. The number of ether oxygens (including phenoxy) is 1. The Morgan fingerprint density at radius 3 is 1.86 bits per heavy atom. The van der Waals surface area contributed by atoms with E-state index in [1.165, 1.54) is 58.3 Å². The Labute approximate surface area is 128 Å². The van der Waals surface area contributed by atoms with Crippen LogP contribution in [0.3, 0.4) is 0 Å². The van der Waals surface area contributed by atoms with Crippen LogP contribution in [0, 0.1) is 0 Å². The normalized spacial score (nSPS) is 11.4. The highest BCUT2D eigenvalue weighted by Crippen LogP contribution is 2.10. The zero-order valence-corrected chi connectivity index (χ0v) is 13.5. The molecule has 1 N–H and O–H groups in total. The van der Waals surface area contributed by atoms with Gasteiger partial charge in [0.25, 0.3) is 0 Å². The summed E-state index contributed by atoms with van der Waals surface area (Å²) in [7, 11) is 0. The SMILES string of the molecule is CCCCCCCCCCCCOC(=O)/C(C)=C/C(=O)O. The van der Waals surface area contributed by atoms with Crippen LogP contribution >= 0.6 is 0 Å². The fourth-order valence-corrected chi connectivity index (χ4v) is 2.11. The fraction of sp³-hybridized carbons (Fsp3) is 0.765. The minimum Gasteiger partial charge on any atom is -0.478 e. The van der Waals surface area contributed by atoms with Crippen molar-refractivity contribution in [1.29, 1.82) is 0 Å². The third-order valence-corrected chi connectivity index (χ3v) is 3.39. The second kappa shape index (κ2) is 13.7. The smallest absolute Gasteiger partial charge is 0.333 e. The van der Waals surface area contributed by atoms with Crippen molar-refractivity contribution in [3.63, 3.8) is 0 Å². The third kappa shape index (κ3) is 13.4. The van der Waals surface area contributed by atoms with E-state index >= 15 is 0 Å². The van der Waals surface area contributed by atoms with Gasteiger partial charge in [0.2, 0.25) is 0 Å². The van der Waals surface area contributed by atoms with E-state index in [0.29, 0.717) is 6.61 Å². The number of hydrogen-bond acceptors (Lipinski definition) is 3. The van der Waals surface area contributed by atoms with E-state index in [0.717, 1.165) is 18.9 Å². The fourth-order valence-electron chi connectivity index (χ4n) is 2.11. The topological polar surface area (TPSA) is 63.6 Å². The Morgan fingerprint density at radius 2 is 1.38 bits per heavy atom. The molecule has 0 aliphatic rings. The molecule has 0 aliphatic carbocycles. The molecule has 0 aliphatic heterocycles. The van der Waals surface area contributed by atoms with Gasteiger partial charge in [-0.05, 0) is 13.3 Å². The minimum atomic E-state index is -1.12. The van der Waals surface area contributed by atoms with Crippen molar-refractivity contribution in [1.82, 2.24) is 0 Å². The first-order valence-corrected chi connectivity index (χ1v) is 8.16. The molecular weight excluding hydrogens is 268 g/mol. The Bertz CT molecular complexity index is 321. The van der Waals surface area contributed by atoms with E-state index in [1.807, 2.05) is 0 Å². The Morgan fingerprint density at radius 1 is 0.905 bits per heavy atom. The van der Waals surface area contributed by atoms with Gasteiger partial charge in [-0.25, -0.2) is 9.59 Å². The van der Waals surface area contributed by atoms with Gasteiger partial charge in [-0.2, -0.15) is 0 Å². The quantitative estimate of drug-likeness (QED) is 0.309. The number of esters is 1. The summed E-state index contributed by atoms with van der Waals surface area (Å²) >= 11 is 0. The standard InChI is InChI=1S/C17H30O4/c1-3-4-5-6-7-8-9-10-11-12-13-21-17(20)15(2)14-16(18)19/h14H,3-13H2,1-2H3,(H,18,19)/b15-14+. The van der Waals surface area contributed by atoms with E-state index in [4.69, 9.17) is 9.84 Å². The van der Waals surface area contributed by atoms with Gasteiger partial charge >= 0.3 is 11.9 Å². The van der Waals surface area contributed by atoms with Crippen molar-refractivity contribution in [2.24, 2.45) is 0 Å². The number of hydrogen-bond donors (Lipinski definition) is 1. The first-order valence-electron chi connectivity index (χ1n) is 8.16.